The third-order valence-corrected chi connectivity index (χ3v) is 4.05. The summed E-state index contributed by atoms with van der Waals surface area (Å²) in [6.07, 6.45) is 1.23. The summed E-state index contributed by atoms with van der Waals surface area (Å²) in [4.78, 5) is 17.8. The van der Waals surface area contributed by atoms with E-state index in [1.807, 2.05) is 4.57 Å². The number of carbonyl (C=O) groups excluding carboxylic acids is 1. The van der Waals surface area contributed by atoms with Crippen LogP contribution < -0.4 is 0 Å². The van der Waals surface area contributed by atoms with Crippen LogP contribution in [0.15, 0.2) is 18.2 Å². The summed E-state index contributed by atoms with van der Waals surface area (Å²) in [5.41, 5.74) is 1.48. The summed E-state index contributed by atoms with van der Waals surface area (Å²) in [6, 6.07) is 4.64. The summed E-state index contributed by atoms with van der Waals surface area (Å²) in [5.74, 6) is 0.842. The maximum atomic E-state index is 13.5. The van der Waals surface area contributed by atoms with Crippen LogP contribution in [0, 0.1) is 5.82 Å². The van der Waals surface area contributed by atoms with E-state index in [0.717, 1.165) is 23.3 Å². The van der Waals surface area contributed by atoms with Crippen molar-refractivity contribution in [3.8, 4) is 0 Å². The van der Waals surface area contributed by atoms with Crippen molar-refractivity contribution >= 4 is 28.5 Å². The molecule has 0 saturated carbocycles. The van der Waals surface area contributed by atoms with E-state index in [1.54, 1.807) is 18.0 Å². The molecule has 2 aromatic rings. The number of nitrogens with zero attached hydrogens (tertiary/aromatic N) is 3. The van der Waals surface area contributed by atoms with E-state index in [-0.39, 0.29) is 23.6 Å². The lowest BCUT2D eigenvalue weighted by molar-refractivity contribution is -0.132. The fourth-order valence-electron chi connectivity index (χ4n) is 2.82. The molecule has 4 nitrogen and oxygen atoms in total. The number of hydrogen-bond donors (Lipinski definition) is 0. The average Bonchev–Trinajstić information content (AvgIpc) is 2.79. The Morgan fingerprint density at radius 1 is 1.50 bits per heavy atom. The first kappa shape index (κ1) is 13.4. The van der Waals surface area contributed by atoms with Gasteiger partial charge in [-0.25, -0.2) is 9.37 Å². The molecule has 0 spiro atoms. The third kappa shape index (κ3) is 2.16. The van der Waals surface area contributed by atoms with Crippen LogP contribution in [0.25, 0.3) is 11.0 Å². The normalized spacial score (nSPS) is 19.9. The van der Waals surface area contributed by atoms with Crippen molar-refractivity contribution in [3.05, 3.63) is 29.8 Å². The summed E-state index contributed by atoms with van der Waals surface area (Å²) in [6.45, 7) is 0.602. The van der Waals surface area contributed by atoms with Gasteiger partial charge in [0.25, 0.3) is 0 Å². The molecule has 3 rings (SSSR count). The van der Waals surface area contributed by atoms with Gasteiger partial charge in [-0.15, -0.1) is 11.6 Å². The van der Waals surface area contributed by atoms with Gasteiger partial charge in [0.1, 0.15) is 11.6 Å². The van der Waals surface area contributed by atoms with Crippen molar-refractivity contribution in [2.75, 3.05) is 13.6 Å². The molecule has 1 saturated heterocycles. The second-order valence-corrected chi connectivity index (χ2v) is 5.40. The van der Waals surface area contributed by atoms with Crippen molar-refractivity contribution in [2.45, 2.75) is 24.8 Å². The lowest BCUT2D eigenvalue weighted by atomic mass is 10.1. The highest BCUT2D eigenvalue weighted by atomic mass is 35.5. The van der Waals surface area contributed by atoms with Crippen LogP contribution >= 0.6 is 11.6 Å². The molecule has 1 aromatic carbocycles. The maximum absolute atomic E-state index is 13.5. The number of likely N-dealkylation sites (tertiary alicyclic amines) is 1. The zero-order chi connectivity index (χ0) is 14.3. The van der Waals surface area contributed by atoms with Gasteiger partial charge in [-0.05, 0) is 24.6 Å². The maximum Gasteiger partial charge on any atom is 0.222 e. The molecule has 0 bridgehead atoms. The van der Waals surface area contributed by atoms with Gasteiger partial charge in [-0.3, -0.25) is 4.79 Å². The first-order valence-corrected chi connectivity index (χ1v) is 7.10. The second kappa shape index (κ2) is 5.05. The molecule has 1 fully saturated rings. The molecular weight excluding hydrogens is 281 g/mol. The molecule has 2 heterocycles. The van der Waals surface area contributed by atoms with Crippen LogP contribution in [0.2, 0.25) is 0 Å². The van der Waals surface area contributed by atoms with Crippen molar-refractivity contribution < 1.29 is 9.18 Å². The van der Waals surface area contributed by atoms with Gasteiger partial charge in [-0.1, -0.05) is 0 Å². The van der Waals surface area contributed by atoms with Crippen molar-refractivity contribution in [1.82, 2.24) is 14.5 Å². The van der Waals surface area contributed by atoms with Gasteiger partial charge in [-0.2, -0.15) is 0 Å². The Bertz CT molecular complexity index is 670. The number of imidazole rings is 1. The molecule has 1 amide bonds. The lowest BCUT2D eigenvalue weighted by Gasteiger charge is -2.31. The fraction of sp³-hybridized carbons (Fsp3) is 0.429. The predicted octanol–water partition coefficient (Wildman–Crippen LogP) is 2.71. The summed E-state index contributed by atoms with van der Waals surface area (Å²) < 4.78 is 15.5. The summed E-state index contributed by atoms with van der Waals surface area (Å²) >= 11 is 5.97. The molecular formula is C14H15ClFN3O. The first-order valence-electron chi connectivity index (χ1n) is 6.56. The smallest absolute Gasteiger partial charge is 0.222 e. The van der Waals surface area contributed by atoms with Gasteiger partial charge >= 0.3 is 0 Å². The van der Waals surface area contributed by atoms with Crippen molar-refractivity contribution in [1.29, 1.82) is 0 Å². The summed E-state index contributed by atoms with van der Waals surface area (Å²) in [7, 11) is 1.79. The molecule has 0 aliphatic carbocycles. The van der Waals surface area contributed by atoms with Crippen molar-refractivity contribution in [2.24, 2.45) is 0 Å². The Morgan fingerprint density at radius 3 is 3.00 bits per heavy atom. The number of likely N-dealkylation sites (N-methyl/N-ethyl adjacent to an activating group) is 1. The standard InChI is InChI=1S/C14H15ClFN3O/c1-18-8-10(3-5-14(18)20)19-12-6-9(16)2-4-11(12)17-13(19)7-15/h2,4,6,10H,3,5,7-8H2,1H3. The van der Waals surface area contributed by atoms with E-state index < -0.39 is 0 Å². The number of alkyl halides is 1. The van der Waals surface area contributed by atoms with Gasteiger partial charge in [0.05, 0.1) is 23.0 Å². The van der Waals surface area contributed by atoms with E-state index >= 15 is 0 Å². The molecule has 0 radical (unpaired) electrons. The SMILES string of the molecule is CN1CC(n2c(CCl)nc3ccc(F)cc32)CCC1=O. The number of halogens is 2. The van der Waals surface area contributed by atoms with E-state index in [0.29, 0.717) is 13.0 Å². The number of hydrogen-bond acceptors (Lipinski definition) is 2. The molecule has 1 unspecified atom stereocenters. The zero-order valence-corrected chi connectivity index (χ0v) is 11.9. The molecule has 20 heavy (non-hydrogen) atoms. The van der Waals surface area contributed by atoms with Crippen molar-refractivity contribution in [3.63, 3.8) is 0 Å². The molecule has 1 aromatic heterocycles. The predicted molar refractivity (Wildman–Crippen MR) is 75.2 cm³/mol. The molecule has 1 atom stereocenters. The average molecular weight is 296 g/mol. The largest absolute Gasteiger partial charge is 0.344 e. The molecule has 106 valence electrons. The molecule has 1 aliphatic rings. The van der Waals surface area contributed by atoms with E-state index in [4.69, 9.17) is 11.6 Å². The fourth-order valence-corrected chi connectivity index (χ4v) is 3.01. The number of carbonyl (C=O) groups is 1. The Labute approximate surface area is 121 Å². The number of rotatable bonds is 2. The van der Waals surface area contributed by atoms with Crippen LogP contribution in [0.3, 0.4) is 0 Å². The summed E-state index contributed by atoms with van der Waals surface area (Å²) in [5, 5.41) is 0. The minimum Gasteiger partial charge on any atom is -0.344 e. The molecule has 0 N–H and O–H groups in total. The third-order valence-electron chi connectivity index (χ3n) is 3.81. The Morgan fingerprint density at radius 2 is 2.30 bits per heavy atom. The number of amides is 1. The van der Waals surface area contributed by atoms with E-state index in [9.17, 15) is 9.18 Å². The minimum absolute atomic E-state index is 0.0956. The van der Waals surface area contributed by atoms with E-state index in [2.05, 4.69) is 4.98 Å². The number of benzene rings is 1. The van der Waals surface area contributed by atoms with Gasteiger partial charge in [0.2, 0.25) is 5.91 Å². The Kier molecular flexibility index (Phi) is 3.38. The Hall–Kier alpha value is -1.62. The first-order chi connectivity index (χ1) is 9.60. The van der Waals surface area contributed by atoms with Crippen LogP contribution in [0.1, 0.15) is 24.7 Å². The van der Waals surface area contributed by atoms with Crippen LogP contribution in [-0.2, 0) is 10.7 Å². The van der Waals surface area contributed by atoms with Crippen LogP contribution in [-0.4, -0.2) is 34.0 Å². The monoisotopic (exact) mass is 295 g/mol. The zero-order valence-electron chi connectivity index (χ0n) is 11.1. The van der Waals surface area contributed by atoms with Gasteiger partial charge < -0.3 is 9.47 Å². The highest BCUT2D eigenvalue weighted by molar-refractivity contribution is 6.16. The quantitative estimate of drug-likeness (QED) is 0.799. The highest BCUT2D eigenvalue weighted by Gasteiger charge is 2.27. The Balaban J connectivity index is 2.09. The highest BCUT2D eigenvalue weighted by Crippen LogP contribution is 2.29. The van der Waals surface area contributed by atoms with Crippen LogP contribution in [0.5, 0.6) is 0 Å². The lowest BCUT2D eigenvalue weighted by Crippen LogP contribution is -2.38. The topological polar surface area (TPSA) is 38.1 Å². The van der Waals surface area contributed by atoms with Crippen LogP contribution in [0.4, 0.5) is 4.39 Å². The van der Waals surface area contributed by atoms with Gasteiger partial charge in [0.15, 0.2) is 0 Å². The minimum atomic E-state index is -0.292. The number of aromatic nitrogens is 2. The van der Waals surface area contributed by atoms with Gasteiger partial charge in [0, 0.05) is 20.0 Å². The van der Waals surface area contributed by atoms with E-state index in [1.165, 1.54) is 12.1 Å². The molecule has 6 heteroatoms. The number of piperidine rings is 1. The molecule has 1 aliphatic heterocycles. The second-order valence-electron chi connectivity index (χ2n) is 5.13. The number of fused-ring (bicyclic) bond motifs is 1.